The van der Waals surface area contributed by atoms with E-state index in [9.17, 15) is 5.11 Å². The van der Waals surface area contributed by atoms with Gasteiger partial charge in [0.1, 0.15) is 5.60 Å². The third-order valence-corrected chi connectivity index (χ3v) is 2.53. The zero-order valence-corrected chi connectivity index (χ0v) is 11.6. The van der Waals surface area contributed by atoms with Gasteiger partial charge in [-0.2, -0.15) is 0 Å². The topological polar surface area (TPSA) is 38.7 Å². The molecular formula is C14H24O3. The third-order valence-electron chi connectivity index (χ3n) is 2.53. The fourth-order valence-corrected chi connectivity index (χ4v) is 1.60. The lowest BCUT2D eigenvalue weighted by atomic mass is 10.0. The summed E-state index contributed by atoms with van der Waals surface area (Å²) in [6, 6.07) is 0. The summed E-state index contributed by atoms with van der Waals surface area (Å²) in [6.45, 7) is 9.43. The molecular weight excluding hydrogens is 216 g/mol. The molecule has 0 bridgehead atoms. The molecule has 1 saturated carbocycles. The van der Waals surface area contributed by atoms with Gasteiger partial charge < -0.3 is 5.11 Å². The van der Waals surface area contributed by atoms with Crippen molar-refractivity contribution >= 4 is 0 Å². The predicted molar refractivity (Wildman–Crippen MR) is 67.2 cm³/mol. The average molecular weight is 240 g/mol. The Hall–Kier alpha value is -0.560. The van der Waals surface area contributed by atoms with Crippen LogP contribution >= 0.6 is 0 Å². The van der Waals surface area contributed by atoms with Crippen LogP contribution in [0.15, 0.2) is 0 Å². The first-order valence-electron chi connectivity index (χ1n) is 6.26. The minimum atomic E-state index is -0.817. The minimum Gasteiger partial charge on any atom is -0.378 e. The van der Waals surface area contributed by atoms with E-state index in [2.05, 4.69) is 11.8 Å². The van der Waals surface area contributed by atoms with Crippen molar-refractivity contribution in [1.82, 2.24) is 0 Å². The van der Waals surface area contributed by atoms with Crippen molar-refractivity contribution in [2.45, 2.75) is 77.1 Å². The average Bonchev–Trinajstić information content (AvgIpc) is 2.60. The van der Waals surface area contributed by atoms with Crippen molar-refractivity contribution in [2.24, 2.45) is 0 Å². The van der Waals surface area contributed by atoms with Crippen LogP contribution in [0.3, 0.4) is 0 Å². The third kappa shape index (κ3) is 5.54. The van der Waals surface area contributed by atoms with Crippen LogP contribution in [0.1, 0.15) is 60.3 Å². The molecule has 0 heterocycles. The van der Waals surface area contributed by atoms with Gasteiger partial charge in [-0.1, -0.05) is 11.8 Å². The van der Waals surface area contributed by atoms with E-state index in [1.807, 2.05) is 34.6 Å². The summed E-state index contributed by atoms with van der Waals surface area (Å²) in [5.74, 6) is 5.90. The van der Waals surface area contributed by atoms with E-state index in [1.54, 1.807) is 0 Å². The molecule has 0 unspecified atom stereocenters. The molecule has 98 valence electrons. The molecule has 3 nitrogen and oxygen atoms in total. The minimum absolute atomic E-state index is 0.358. The first kappa shape index (κ1) is 14.5. The highest BCUT2D eigenvalue weighted by Gasteiger charge is 2.30. The van der Waals surface area contributed by atoms with Crippen molar-refractivity contribution in [2.75, 3.05) is 0 Å². The molecule has 0 aliphatic heterocycles. The molecule has 3 heteroatoms. The maximum absolute atomic E-state index is 10.1. The van der Waals surface area contributed by atoms with Gasteiger partial charge in [-0.05, 0) is 60.3 Å². The Balaban J connectivity index is 2.56. The van der Waals surface area contributed by atoms with Crippen molar-refractivity contribution in [3.63, 3.8) is 0 Å². The molecule has 1 aliphatic rings. The number of rotatable bonds is 2. The zero-order chi connectivity index (χ0) is 13.2. The number of aliphatic hydroxyl groups is 1. The van der Waals surface area contributed by atoms with Crippen molar-refractivity contribution in [3.8, 4) is 11.8 Å². The molecule has 0 atom stereocenters. The number of hydrogen-bond donors (Lipinski definition) is 1. The van der Waals surface area contributed by atoms with E-state index >= 15 is 0 Å². The van der Waals surface area contributed by atoms with Crippen LogP contribution < -0.4 is 0 Å². The molecule has 1 fully saturated rings. The van der Waals surface area contributed by atoms with Crippen LogP contribution in [0.4, 0.5) is 0 Å². The molecule has 0 aromatic carbocycles. The highest BCUT2D eigenvalue weighted by molar-refractivity contribution is 5.20. The van der Waals surface area contributed by atoms with Gasteiger partial charge in [0.05, 0.1) is 5.60 Å². The smallest absolute Gasteiger partial charge is 0.158 e. The van der Waals surface area contributed by atoms with Crippen LogP contribution in [0.5, 0.6) is 0 Å². The SMILES string of the molecule is CC(C)(C)OOC(C)(C)C#CC1(O)CCCC1. The summed E-state index contributed by atoms with van der Waals surface area (Å²) in [4.78, 5) is 10.6. The predicted octanol–water partition coefficient (Wildman–Crippen LogP) is 2.82. The van der Waals surface area contributed by atoms with Crippen molar-refractivity contribution in [3.05, 3.63) is 0 Å². The monoisotopic (exact) mass is 240 g/mol. The van der Waals surface area contributed by atoms with E-state index in [1.165, 1.54) is 0 Å². The Morgan fingerprint density at radius 3 is 2.00 bits per heavy atom. The van der Waals surface area contributed by atoms with Crippen LogP contribution in [-0.4, -0.2) is 21.9 Å². The van der Waals surface area contributed by atoms with Crippen LogP contribution in [0.25, 0.3) is 0 Å². The molecule has 0 saturated heterocycles. The summed E-state index contributed by atoms with van der Waals surface area (Å²) < 4.78 is 0. The zero-order valence-electron chi connectivity index (χ0n) is 11.6. The fourth-order valence-electron chi connectivity index (χ4n) is 1.60. The summed E-state index contributed by atoms with van der Waals surface area (Å²) in [5, 5.41) is 10.1. The second-order valence-corrected chi connectivity index (χ2v) is 6.28. The fraction of sp³-hybridized carbons (Fsp3) is 0.857. The molecule has 0 aromatic rings. The largest absolute Gasteiger partial charge is 0.378 e. The molecule has 1 rings (SSSR count). The summed E-state index contributed by atoms with van der Waals surface area (Å²) in [7, 11) is 0. The van der Waals surface area contributed by atoms with Gasteiger partial charge in [-0.3, -0.25) is 0 Å². The van der Waals surface area contributed by atoms with Crippen LogP contribution in [-0.2, 0) is 9.78 Å². The molecule has 0 radical (unpaired) electrons. The van der Waals surface area contributed by atoms with Gasteiger partial charge in [0.2, 0.25) is 0 Å². The highest BCUT2D eigenvalue weighted by Crippen LogP contribution is 2.29. The van der Waals surface area contributed by atoms with Gasteiger partial charge >= 0.3 is 0 Å². The second-order valence-electron chi connectivity index (χ2n) is 6.28. The molecule has 1 N–H and O–H groups in total. The molecule has 0 amide bonds. The van der Waals surface area contributed by atoms with Gasteiger partial charge in [0, 0.05) is 0 Å². The summed E-state index contributed by atoms with van der Waals surface area (Å²) in [5.41, 5.74) is -1.88. The van der Waals surface area contributed by atoms with Crippen LogP contribution in [0, 0.1) is 11.8 Å². The lowest BCUT2D eigenvalue weighted by Gasteiger charge is -2.25. The Kier molecular flexibility index (Phi) is 4.24. The normalized spacial score (nSPS) is 19.9. The maximum atomic E-state index is 10.1. The quantitative estimate of drug-likeness (QED) is 0.458. The standard InChI is InChI=1S/C14H24O3/c1-12(2,3)16-17-13(4,5)10-11-14(15)8-6-7-9-14/h15H,6-9H2,1-5H3. The number of hydrogen-bond acceptors (Lipinski definition) is 3. The van der Waals surface area contributed by atoms with E-state index in [-0.39, 0.29) is 5.60 Å². The van der Waals surface area contributed by atoms with Crippen LogP contribution in [0.2, 0.25) is 0 Å². The first-order chi connectivity index (χ1) is 7.62. The van der Waals surface area contributed by atoms with E-state index < -0.39 is 11.2 Å². The van der Waals surface area contributed by atoms with Gasteiger partial charge in [0.25, 0.3) is 0 Å². The van der Waals surface area contributed by atoms with Crippen molar-refractivity contribution < 1.29 is 14.9 Å². The first-order valence-corrected chi connectivity index (χ1v) is 6.26. The van der Waals surface area contributed by atoms with E-state index in [0.29, 0.717) is 0 Å². The lowest BCUT2D eigenvalue weighted by molar-refractivity contribution is -0.384. The summed E-state index contributed by atoms with van der Waals surface area (Å²) >= 11 is 0. The Bertz CT molecular complexity index is 309. The Morgan fingerprint density at radius 2 is 1.53 bits per heavy atom. The second kappa shape index (κ2) is 4.97. The Labute approximate surface area is 104 Å². The maximum Gasteiger partial charge on any atom is 0.158 e. The summed E-state index contributed by atoms with van der Waals surface area (Å²) in [6.07, 6.45) is 3.61. The molecule has 1 aliphatic carbocycles. The van der Waals surface area contributed by atoms with Gasteiger partial charge in [0.15, 0.2) is 5.60 Å². The van der Waals surface area contributed by atoms with Gasteiger partial charge in [-0.15, -0.1) is 0 Å². The van der Waals surface area contributed by atoms with Crippen molar-refractivity contribution in [1.29, 1.82) is 0 Å². The molecule has 0 spiro atoms. The lowest BCUT2D eigenvalue weighted by Crippen LogP contribution is -2.30. The van der Waals surface area contributed by atoms with E-state index in [0.717, 1.165) is 25.7 Å². The van der Waals surface area contributed by atoms with Gasteiger partial charge in [-0.25, -0.2) is 9.78 Å². The molecule has 17 heavy (non-hydrogen) atoms. The highest BCUT2D eigenvalue weighted by atomic mass is 17.2. The molecule has 0 aromatic heterocycles. The van der Waals surface area contributed by atoms with E-state index in [4.69, 9.17) is 9.78 Å². The Morgan fingerprint density at radius 1 is 1.00 bits per heavy atom.